The van der Waals surface area contributed by atoms with Gasteiger partial charge in [0.15, 0.2) is 0 Å². The van der Waals surface area contributed by atoms with Gasteiger partial charge in [0.2, 0.25) is 11.8 Å². The summed E-state index contributed by atoms with van der Waals surface area (Å²) in [4.78, 5) is 28.5. The van der Waals surface area contributed by atoms with Crippen molar-refractivity contribution in [3.63, 3.8) is 0 Å². The molecular formula is C30H36FN3O4S. The van der Waals surface area contributed by atoms with Crippen LogP contribution in [-0.2, 0) is 26.2 Å². The molecule has 0 bridgehead atoms. The molecule has 0 aliphatic heterocycles. The van der Waals surface area contributed by atoms with E-state index in [1.54, 1.807) is 25.1 Å². The number of benzene rings is 3. The first kappa shape index (κ1) is 29.8. The number of nitrogens with one attached hydrogen (secondary N) is 1. The van der Waals surface area contributed by atoms with Crippen LogP contribution in [0, 0.1) is 18.7 Å². The van der Waals surface area contributed by atoms with Gasteiger partial charge >= 0.3 is 0 Å². The quantitative estimate of drug-likeness (QED) is 0.345. The van der Waals surface area contributed by atoms with Crippen LogP contribution in [0.3, 0.4) is 0 Å². The Morgan fingerprint density at radius 3 is 2.23 bits per heavy atom. The maximum atomic E-state index is 15.0. The fourth-order valence-electron chi connectivity index (χ4n) is 4.24. The molecule has 3 aromatic rings. The first-order chi connectivity index (χ1) is 18.5. The number of para-hydroxylation sites is 1. The van der Waals surface area contributed by atoms with Crippen LogP contribution in [0.5, 0.6) is 0 Å². The number of anilines is 1. The van der Waals surface area contributed by atoms with Gasteiger partial charge in [-0.25, -0.2) is 12.8 Å². The number of sulfonamides is 1. The zero-order chi connectivity index (χ0) is 28.6. The molecule has 0 radical (unpaired) electrons. The molecule has 3 aromatic carbocycles. The summed E-state index contributed by atoms with van der Waals surface area (Å²) in [6.07, 6.45) is 0.312. The number of amides is 2. The summed E-state index contributed by atoms with van der Waals surface area (Å²) in [7, 11) is -4.31. The predicted octanol–water partition coefficient (Wildman–Crippen LogP) is 4.91. The molecule has 1 N–H and O–H groups in total. The van der Waals surface area contributed by atoms with Gasteiger partial charge in [0.05, 0.1) is 10.6 Å². The van der Waals surface area contributed by atoms with Gasteiger partial charge in [0.25, 0.3) is 10.0 Å². The molecule has 0 spiro atoms. The highest BCUT2D eigenvalue weighted by Gasteiger charge is 2.34. The van der Waals surface area contributed by atoms with E-state index in [0.29, 0.717) is 13.0 Å². The van der Waals surface area contributed by atoms with Gasteiger partial charge in [0.1, 0.15) is 18.4 Å². The Morgan fingerprint density at radius 1 is 0.949 bits per heavy atom. The Morgan fingerprint density at radius 2 is 1.62 bits per heavy atom. The summed E-state index contributed by atoms with van der Waals surface area (Å²) in [6.45, 7) is 7.50. The van der Waals surface area contributed by atoms with Crippen LogP contribution in [-0.4, -0.2) is 44.3 Å². The highest BCUT2D eigenvalue weighted by Crippen LogP contribution is 2.27. The molecule has 39 heavy (non-hydrogen) atoms. The van der Waals surface area contributed by atoms with E-state index in [2.05, 4.69) is 5.32 Å². The zero-order valence-corrected chi connectivity index (χ0v) is 23.6. The maximum absolute atomic E-state index is 15.0. The van der Waals surface area contributed by atoms with Crippen LogP contribution in [0.4, 0.5) is 10.1 Å². The number of hydrogen-bond acceptors (Lipinski definition) is 4. The third-order valence-electron chi connectivity index (χ3n) is 6.24. The van der Waals surface area contributed by atoms with Gasteiger partial charge in [-0.1, -0.05) is 80.9 Å². The second-order valence-electron chi connectivity index (χ2n) is 9.85. The standard InChI is InChI=1S/C30H36FN3O4S/c1-5-27(30(36)32-19-22(2)3)33(20-24-13-11-12-23(4)18-24)29(35)21-34(28-17-10-9-16-26(28)31)39(37,38)25-14-7-6-8-15-25/h6-18,22,27H,5,19-21H2,1-4H3,(H,32,36)/t27-/m1/s1. The topological polar surface area (TPSA) is 86.8 Å². The van der Waals surface area contributed by atoms with Crippen LogP contribution in [0.25, 0.3) is 0 Å². The fraction of sp³-hybridized carbons (Fsp3) is 0.333. The molecule has 2 amide bonds. The van der Waals surface area contributed by atoms with Crippen LogP contribution >= 0.6 is 0 Å². The molecule has 0 aliphatic carbocycles. The van der Waals surface area contributed by atoms with Gasteiger partial charge in [-0.3, -0.25) is 13.9 Å². The van der Waals surface area contributed by atoms with Crippen molar-refractivity contribution in [2.24, 2.45) is 5.92 Å². The molecule has 0 unspecified atom stereocenters. The lowest BCUT2D eigenvalue weighted by atomic mass is 10.1. The minimum Gasteiger partial charge on any atom is -0.354 e. The molecule has 7 nitrogen and oxygen atoms in total. The molecule has 1 atom stereocenters. The molecular weight excluding hydrogens is 517 g/mol. The lowest BCUT2D eigenvalue weighted by Crippen LogP contribution is -2.52. The average Bonchev–Trinajstić information content (AvgIpc) is 2.91. The molecule has 0 fully saturated rings. The molecule has 0 heterocycles. The average molecular weight is 554 g/mol. The van der Waals surface area contributed by atoms with E-state index in [0.717, 1.165) is 21.5 Å². The zero-order valence-electron chi connectivity index (χ0n) is 22.8. The van der Waals surface area contributed by atoms with Gasteiger partial charge in [-0.2, -0.15) is 0 Å². The van der Waals surface area contributed by atoms with Crippen LogP contribution in [0.2, 0.25) is 0 Å². The van der Waals surface area contributed by atoms with Crippen molar-refractivity contribution in [3.05, 3.63) is 95.8 Å². The van der Waals surface area contributed by atoms with E-state index in [-0.39, 0.29) is 29.0 Å². The molecule has 208 valence electrons. The molecule has 3 rings (SSSR count). The predicted molar refractivity (Wildman–Crippen MR) is 151 cm³/mol. The van der Waals surface area contributed by atoms with E-state index in [1.807, 2.05) is 45.0 Å². The summed E-state index contributed by atoms with van der Waals surface area (Å²) in [5, 5.41) is 2.89. The minimum absolute atomic E-state index is 0.0759. The Bertz CT molecular complexity index is 1380. The van der Waals surface area contributed by atoms with E-state index in [1.165, 1.54) is 35.2 Å². The molecule has 9 heteroatoms. The van der Waals surface area contributed by atoms with Crippen molar-refractivity contribution in [2.45, 2.75) is 51.6 Å². The third kappa shape index (κ3) is 7.66. The Hall–Kier alpha value is -3.72. The molecule has 0 aliphatic rings. The SMILES string of the molecule is CC[C@H](C(=O)NCC(C)C)N(Cc1cccc(C)c1)C(=O)CN(c1ccccc1F)S(=O)(=O)c1ccccc1. The largest absolute Gasteiger partial charge is 0.354 e. The first-order valence-electron chi connectivity index (χ1n) is 13.0. The highest BCUT2D eigenvalue weighted by molar-refractivity contribution is 7.92. The highest BCUT2D eigenvalue weighted by atomic mass is 32.2. The van der Waals surface area contributed by atoms with Crippen molar-refractivity contribution in [1.82, 2.24) is 10.2 Å². The Labute approximate surface area is 230 Å². The number of carbonyl (C=O) groups is 2. The van der Waals surface area contributed by atoms with Gasteiger partial charge in [-0.05, 0) is 49.1 Å². The van der Waals surface area contributed by atoms with Crippen LogP contribution in [0.1, 0.15) is 38.3 Å². The van der Waals surface area contributed by atoms with E-state index >= 15 is 0 Å². The monoisotopic (exact) mass is 553 g/mol. The lowest BCUT2D eigenvalue weighted by Gasteiger charge is -2.33. The fourth-order valence-corrected chi connectivity index (χ4v) is 5.68. The molecule has 0 aromatic heterocycles. The van der Waals surface area contributed by atoms with Crippen molar-refractivity contribution < 1.29 is 22.4 Å². The Kier molecular flexibility index (Phi) is 10.2. The number of nitrogens with zero attached hydrogens (tertiary/aromatic N) is 2. The van der Waals surface area contributed by atoms with E-state index in [9.17, 15) is 22.4 Å². The smallest absolute Gasteiger partial charge is 0.264 e. The van der Waals surface area contributed by atoms with Crippen LogP contribution < -0.4 is 9.62 Å². The van der Waals surface area contributed by atoms with E-state index < -0.39 is 34.3 Å². The normalized spacial score (nSPS) is 12.2. The van der Waals surface area contributed by atoms with E-state index in [4.69, 9.17) is 0 Å². The number of carbonyl (C=O) groups excluding carboxylic acids is 2. The number of aryl methyl sites for hydroxylation is 1. The first-order valence-corrected chi connectivity index (χ1v) is 14.4. The third-order valence-corrected chi connectivity index (χ3v) is 8.01. The van der Waals surface area contributed by atoms with Gasteiger partial charge in [-0.15, -0.1) is 0 Å². The number of halogens is 1. The summed E-state index contributed by atoms with van der Waals surface area (Å²) in [6, 6.07) is 19.7. The second kappa shape index (κ2) is 13.4. The summed E-state index contributed by atoms with van der Waals surface area (Å²) in [5.41, 5.74) is 1.53. The lowest BCUT2D eigenvalue weighted by molar-refractivity contribution is -0.140. The maximum Gasteiger partial charge on any atom is 0.264 e. The Balaban J connectivity index is 2.05. The van der Waals surface area contributed by atoms with Crippen LogP contribution in [0.15, 0.2) is 83.8 Å². The molecule has 0 saturated heterocycles. The molecule has 0 saturated carbocycles. The summed E-state index contributed by atoms with van der Waals surface area (Å²) in [5.74, 6) is -1.52. The van der Waals surface area contributed by atoms with Crippen molar-refractivity contribution >= 4 is 27.5 Å². The van der Waals surface area contributed by atoms with Crippen molar-refractivity contribution in [2.75, 3.05) is 17.4 Å². The second-order valence-corrected chi connectivity index (χ2v) is 11.7. The summed E-state index contributed by atoms with van der Waals surface area (Å²) >= 11 is 0. The number of rotatable bonds is 12. The van der Waals surface area contributed by atoms with Gasteiger partial charge < -0.3 is 10.2 Å². The van der Waals surface area contributed by atoms with Crippen molar-refractivity contribution in [1.29, 1.82) is 0 Å². The summed E-state index contributed by atoms with van der Waals surface area (Å²) < 4.78 is 43.2. The number of hydrogen-bond donors (Lipinski definition) is 1. The van der Waals surface area contributed by atoms with Gasteiger partial charge in [0, 0.05) is 13.1 Å². The van der Waals surface area contributed by atoms with Crippen molar-refractivity contribution in [3.8, 4) is 0 Å². The minimum atomic E-state index is -4.31.